The van der Waals surface area contributed by atoms with Gasteiger partial charge in [0.15, 0.2) is 0 Å². The number of rotatable bonds is 2. The number of H-pyrrole nitrogens is 1. The van der Waals surface area contributed by atoms with Gasteiger partial charge in [0, 0.05) is 37.2 Å². The quantitative estimate of drug-likeness (QED) is 0.668. The molecule has 0 radical (unpaired) electrons. The average Bonchev–Trinajstić information content (AvgIpc) is 2.49. The zero-order chi connectivity index (χ0) is 9.26. The van der Waals surface area contributed by atoms with Gasteiger partial charge in [-0.25, -0.2) is 0 Å². The van der Waals surface area contributed by atoms with Crippen molar-refractivity contribution in [1.82, 2.24) is 15.1 Å². The highest BCUT2D eigenvalue weighted by Crippen LogP contribution is 2.19. The van der Waals surface area contributed by atoms with Gasteiger partial charge in [-0.15, -0.1) is 0 Å². The summed E-state index contributed by atoms with van der Waals surface area (Å²) in [5.74, 6) is 0. The molecule has 0 saturated carbocycles. The molecule has 3 N–H and O–H groups in total. The van der Waals surface area contributed by atoms with Crippen LogP contribution in [0.2, 0.25) is 0 Å². The highest BCUT2D eigenvalue weighted by atomic mass is 15.2. The third-order valence-corrected chi connectivity index (χ3v) is 2.59. The average molecular weight is 180 g/mol. The normalized spacial score (nSPS) is 17.4. The van der Waals surface area contributed by atoms with Crippen LogP contribution >= 0.6 is 0 Å². The van der Waals surface area contributed by atoms with Crippen molar-refractivity contribution in [2.45, 2.75) is 19.4 Å². The Morgan fingerprint density at radius 2 is 2.46 bits per heavy atom. The van der Waals surface area contributed by atoms with Crippen LogP contribution in [0, 0.1) is 0 Å². The molecule has 0 aromatic carbocycles. The second-order valence-electron chi connectivity index (χ2n) is 3.65. The fourth-order valence-electron chi connectivity index (χ4n) is 1.83. The zero-order valence-electron chi connectivity index (χ0n) is 8.01. The van der Waals surface area contributed by atoms with Gasteiger partial charge < -0.3 is 10.6 Å². The molecule has 1 aliphatic heterocycles. The number of nitrogens with two attached hydrogens (primary N) is 1. The monoisotopic (exact) mass is 180 g/mol. The molecular weight excluding hydrogens is 164 g/mol. The van der Waals surface area contributed by atoms with Crippen LogP contribution in [0.25, 0.3) is 0 Å². The molecule has 2 rings (SSSR count). The molecule has 72 valence electrons. The maximum Gasteiger partial charge on any atom is 0.0682 e. The van der Waals surface area contributed by atoms with Crippen molar-refractivity contribution in [2.24, 2.45) is 5.73 Å². The lowest BCUT2D eigenvalue weighted by Crippen LogP contribution is -2.26. The fourth-order valence-corrected chi connectivity index (χ4v) is 1.83. The molecule has 0 amide bonds. The van der Waals surface area contributed by atoms with Crippen LogP contribution in [0.5, 0.6) is 0 Å². The summed E-state index contributed by atoms with van der Waals surface area (Å²) in [4.78, 5) is 2.32. The van der Waals surface area contributed by atoms with Crippen LogP contribution in [-0.2, 0) is 19.4 Å². The molecule has 13 heavy (non-hydrogen) atoms. The Hall–Kier alpha value is -0.870. The van der Waals surface area contributed by atoms with Crippen molar-refractivity contribution in [1.29, 1.82) is 0 Å². The van der Waals surface area contributed by atoms with Gasteiger partial charge in [0.2, 0.25) is 0 Å². The van der Waals surface area contributed by atoms with E-state index < -0.39 is 0 Å². The lowest BCUT2D eigenvalue weighted by molar-refractivity contribution is 0.310. The Morgan fingerprint density at radius 3 is 3.23 bits per heavy atom. The number of aromatic amines is 1. The summed E-state index contributed by atoms with van der Waals surface area (Å²) >= 11 is 0. The molecule has 0 atom stereocenters. The maximum atomic E-state index is 5.52. The van der Waals surface area contributed by atoms with E-state index in [2.05, 4.69) is 22.1 Å². The molecule has 0 fully saturated rings. The summed E-state index contributed by atoms with van der Waals surface area (Å²) in [7, 11) is 2.14. The molecule has 1 aromatic heterocycles. The second-order valence-corrected chi connectivity index (χ2v) is 3.65. The smallest absolute Gasteiger partial charge is 0.0682 e. The summed E-state index contributed by atoms with van der Waals surface area (Å²) in [6.07, 6.45) is 1.98. The van der Waals surface area contributed by atoms with E-state index in [1.54, 1.807) is 0 Å². The Labute approximate surface area is 78.1 Å². The first-order valence-electron chi connectivity index (χ1n) is 4.75. The second kappa shape index (κ2) is 3.47. The first-order valence-corrected chi connectivity index (χ1v) is 4.75. The van der Waals surface area contributed by atoms with E-state index in [1.807, 2.05) is 0 Å². The minimum Gasteiger partial charge on any atom is -0.330 e. The summed E-state index contributed by atoms with van der Waals surface area (Å²) < 4.78 is 0. The minimum absolute atomic E-state index is 0.682. The summed E-state index contributed by atoms with van der Waals surface area (Å²) in [5, 5.41) is 7.39. The first-order chi connectivity index (χ1) is 6.31. The first kappa shape index (κ1) is 8.72. The van der Waals surface area contributed by atoms with E-state index in [1.165, 1.54) is 11.3 Å². The molecule has 4 heteroatoms. The lowest BCUT2D eigenvalue weighted by atomic mass is 10.0. The van der Waals surface area contributed by atoms with E-state index in [-0.39, 0.29) is 0 Å². The Morgan fingerprint density at radius 1 is 1.62 bits per heavy atom. The standard InChI is InChI=1S/C9H16N4/c1-13-5-3-9-7(6-13)8(2-4-10)11-12-9/h2-6,10H2,1H3,(H,11,12). The zero-order valence-corrected chi connectivity index (χ0v) is 8.01. The molecule has 0 bridgehead atoms. The number of nitrogens with zero attached hydrogens (tertiary/aromatic N) is 2. The molecule has 0 saturated heterocycles. The van der Waals surface area contributed by atoms with Gasteiger partial charge >= 0.3 is 0 Å². The molecule has 0 aliphatic carbocycles. The third-order valence-electron chi connectivity index (χ3n) is 2.59. The molecule has 1 aromatic rings. The molecule has 0 spiro atoms. The van der Waals surface area contributed by atoms with Crippen molar-refractivity contribution < 1.29 is 0 Å². The number of nitrogens with one attached hydrogen (secondary N) is 1. The fraction of sp³-hybridized carbons (Fsp3) is 0.667. The predicted molar refractivity (Wildman–Crippen MR) is 51.4 cm³/mol. The van der Waals surface area contributed by atoms with Gasteiger partial charge in [-0.2, -0.15) is 5.10 Å². The van der Waals surface area contributed by atoms with E-state index in [0.717, 1.165) is 31.6 Å². The topological polar surface area (TPSA) is 57.9 Å². The Bertz CT molecular complexity index is 292. The van der Waals surface area contributed by atoms with Crippen molar-refractivity contribution in [3.63, 3.8) is 0 Å². The van der Waals surface area contributed by atoms with Gasteiger partial charge in [-0.1, -0.05) is 0 Å². The van der Waals surface area contributed by atoms with Crippen LogP contribution in [0.1, 0.15) is 17.0 Å². The molecule has 0 unspecified atom stereocenters. The lowest BCUT2D eigenvalue weighted by Gasteiger charge is -2.22. The predicted octanol–water partition coefficient (Wildman–Crippen LogP) is -0.101. The van der Waals surface area contributed by atoms with Crippen LogP contribution in [0.3, 0.4) is 0 Å². The van der Waals surface area contributed by atoms with E-state index >= 15 is 0 Å². The summed E-state index contributed by atoms with van der Waals surface area (Å²) in [6, 6.07) is 0. The van der Waals surface area contributed by atoms with Crippen LogP contribution in [0.15, 0.2) is 0 Å². The van der Waals surface area contributed by atoms with Crippen LogP contribution in [-0.4, -0.2) is 35.2 Å². The third kappa shape index (κ3) is 1.59. The van der Waals surface area contributed by atoms with Gasteiger partial charge in [-0.3, -0.25) is 5.10 Å². The molecular formula is C9H16N4. The van der Waals surface area contributed by atoms with Crippen molar-refractivity contribution in [3.8, 4) is 0 Å². The van der Waals surface area contributed by atoms with E-state index in [4.69, 9.17) is 5.73 Å². The number of hydrogen-bond acceptors (Lipinski definition) is 3. The Balaban J connectivity index is 2.25. The van der Waals surface area contributed by atoms with Gasteiger partial charge in [0.25, 0.3) is 0 Å². The van der Waals surface area contributed by atoms with Crippen molar-refractivity contribution in [2.75, 3.05) is 20.1 Å². The highest BCUT2D eigenvalue weighted by Gasteiger charge is 2.18. The number of hydrogen-bond donors (Lipinski definition) is 2. The van der Waals surface area contributed by atoms with Crippen LogP contribution < -0.4 is 5.73 Å². The van der Waals surface area contributed by atoms with E-state index in [9.17, 15) is 0 Å². The maximum absolute atomic E-state index is 5.52. The van der Waals surface area contributed by atoms with Gasteiger partial charge in [-0.05, 0) is 13.6 Å². The number of aromatic nitrogens is 2. The minimum atomic E-state index is 0.682. The molecule has 2 heterocycles. The van der Waals surface area contributed by atoms with E-state index in [0.29, 0.717) is 6.54 Å². The summed E-state index contributed by atoms with van der Waals surface area (Å²) in [6.45, 7) is 2.82. The summed E-state index contributed by atoms with van der Waals surface area (Å²) in [5.41, 5.74) is 9.36. The van der Waals surface area contributed by atoms with Gasteiger partial charge in [0.1, 0.15) is 0 Å². The Kier molecular flexibility index (Phi) is 2.33. The number of likely N-dealkylation sites (N-methyl/N-ethyl adjacent to an activating group) is 1. The van der Waals surface area contributed by atoms with Crippen LogP contribution in [0.4, 0.5) is 0 Å². The molecule has 4 nitrogen and oxygen atoms in total. The highest BCUT2D eigenvalue weighted by molar-refractivity contribution is 5.27. The number of fused-ring (bicyclic) bond motifs is 1. The van der Waals surface area contributed by atoms with Crippen molar-refractivity contribution >= 4 is 0 Å². The van der Waals surface area contributed by atoms with Crippen molar-refractivity contribution in [3.05, 3.63) is 17.0 Å². The van der Waals surface area contributed by atoms with Gasteiger partial charge in [0.05, 0.1) is 5.69 Å². The SMILES string of the molecule is CN1CCc2[nH]nc(CCN)c2C1. The largest absolute Gasteiger partial charge is 0.330 e. The molecule has 1 aliphatic rings.